The minimum Gasteiger partial charge on any atom is -0.396 e. The lowest BCUT2D eigenvalue weighted by Crippen LogP contribution is -2.67. The summed E-state index contributed by atoms with van der Waals surface area (Å²) in [6.07, 6.45) is -4.34. The molecule has 0 amide bonds. The van der Waals surface area contributed by atoms with Gasteiger partial charge in [0.15, 0.2) is 12.6 Å². The standard InChI is InChI=1S/C42H70O12/c1-21(2)22-10-15-42(20-45)17-16-40(6)23(29(22)42)8-9-27-39(5)13-12-28(38(3,4)26(39)11-14-41(27,40)7)53-36-34(50)32(48)35(25(19-44)52-36)54-37-33(49)31(47)30(46)24(18-43)51-37/h22-37,43-50H,1,8-20H2,2-7H3/t22-,23+,24+,25+,26-,27+,28-,29+,30+,31-,32+,33+,34+,35+,36-,37+,39-,40+,41+,42+/m0/s1. The number of aliphatic hydroxyl groups is 8. The van der Waals surface area contributed by atoms with Gasteiger partial charge in [0.25, 0.3) is 0 Å². The Morgan fingerprint density at radius 3 is 1.94 bits per heavy atom. The number of fused-ring (bicyclic) bond motifs is 7. The maximum Gasteiger partial charge on any atom is 0.187 e. The third-order valence-corrected chi connectivity index (χ3v) is 17.8. The fourth-order valence-electron chi connectivity index (χ4n) is 14.6. The average Bonchev–Trinajstić information content (AvgIpc) is 3.53. The van der Waals surface area contributed by atoms with Crippen LogP contribution in [0.4, 0.5) is 0 Å². The van der Waals surface area contributed by atoms with E-state index in [0.717, 1.165) is 51.4 Å². The maximum atomic E-state index is 11.4. The van der Waals surface area contributed by atoms with Gasteiger partial charge < -0.3 is 59.8 Å². The number of ether oxygens (including phenoxy) is 4. The highest BCUT2D eigenvalue weighted by molar-refractivity contribution is 5.21. The first-order valence-electron chi connectivity index (χ1n) is 20.9. The van der Waals surface area contributed by atoms with Crippen molar-refractivity contribution in [1.29, 1.82) is 0 Å². The van der Waals surface area contributed by atoms with Crippen molar-refractivity contribution in [3.63, 3.8) is 0 Å². The summed E-state index contributed by atoms with van der Waals surface area (Å²) in [5.74, 6) is 2.43. The zero-order valence-electron chi connectivity index (χ0n) is 33.3. The lowest BCUT2D eigenvalue weighted by Gasteiger charge is -2.73. The van der Waals surface area contributed by atoms with Crippen molar-refractivity contribution in [3.05, 3.63) is 12.2 Å². The molecular formula is C42H70O12. The smallest absolute Gasteiger partial charge is 0.187 e. The van der Waals surface area contributed by atoms with E-state index in [0.29, 0.717) is 29.6 Å². The highest BCUT2D eigenvalue weighted by Crippen LogP contribution is 2.77. The topological polar surface area (TPSA) is 199 Å². The molecule has 8 N–H and O–H groups in total. The molecule has 0 aromatic heterocycles. The van der Waals surface area contributed by atoms with Gasteiger partial charge in [-0.3, -0.25) is 0 Å². The van der Waals surface area contributed by atoms with E-state index >= 15 is 0 Å². The van der Waals surface area contributed by atoms with Gasteiger partial charge in [-0.2, -0.15) is 0 Å². The second kappa shape index (κ2) is 14.5. The SMILES string of the molecule is C=C(C)[C@@H]1CC[C@]2(CO)CC[C@]3(C)[C@H](CC[C@@H]4[C@@]5(C)CC[C@H](O[C@@H]6O[C@H](CO)[C@@H](O[C@H]7O[C@H](CO)[C@@H](O)[C@H](O)[C@H]7O)[C@H](O)[C@H]6O)C(C)(C)[C@@H]5CC[C@]43C)[C@@H]12. The molecule has 0 unspecified atom stereocenters. The minimum absolute atomic E-state index is 0.0237. The Kier molecular flexibility index (Phi) is 11.1. The van der Waals surface area contributed by atoms with E-state index in [1.807, 2.05) is 0 Å². The summed E-state index contributed by atoms with van der Waals surface area (Å²) in [5.41, 5.74) is 1.41. The van der Waals surface area contributed by atoms with Gasteiger partial charge in [-0.05, 0) is 128 Å². The molecule has 7 rings (SSSR count). The molecule has 0 bridgehead atoms. The first-order chi connectivity index (χ1) is 25.3. The molecule has 20 atom stereocenters. The van der Waals surface area contributed by atoms with Gasteiger partial charge in [0.2, 0.25) is 0 Å². The van der Waals surface area contributed by atoms with Crippen LogP contribution < -0.4 is 0 Å². The van der Waals surface area contributed by atoms with Crippen LogP contribution in [0.15, 0.2) is 12.2 Å². The van der Waals surface area contributed by atoms with Gasteiger partial charge in [0, 0.05) is 6.61 Å². The van der Waals surface area contributed by atoms with Crippen molar-refractivity contribution in [2.45, 2.75) is 173 Å². The molecule has 0 spiro atoms. The zero-order valence-corrected chi connectivity index (χ0v) is 33.3. The van der Waals surface area contributed by atoms with Crippen LogP contribution in [0.2, 0.25) is 0 Å². The molecule has 54 heavy (non-hydrogen) atoms. The molecule has 310 valence electrons. The molecule has 2 aliphatic heterocycles. The van der Waals surface area contributed by atoms with E-state index in [1.165, 1.54) is 18.4 Å². The van der Waals surface area contributed by atoms with E-state index < -0.39 is 74.6 Å². The Hall–Kier alpha value is -0.740. The van der Waals surface area contributed by atoms with Crippen molar-refractivity contribution in [2.24, 2.45) is 56.7 Å². The molecule has 5 aliphatic carbocycles. The number of hydrogen-bond donors (Lipinski definition) is 8. The van der Waals surface area contributed by atoms with Gasteiger partial charge >= 0.3 is 0 Å². The van der Waals surface area contributed by atoms with E-state index in [9.17, 15) is 40.9 Å². The molecule has 2 heterocycles. The molecule has 0 aromatic rings. The van der Waals surface area contributed by atoms with Gasteiger partial charge in [-0.25, -0.2) is 0 Å². The summed E-state index contributed by atoms with van der Waals surface area (Å²) in [6.45, 7) is 17.9. The predicted octanol–water partition coefficient (Wildman–Crippen LogP) is 2.65. The van der Waals surface area contributed by atoms with Crippen LogP contribution in [-0.2, 0) is 18.9 Å². The summed E-state index contributed by atoms with van der Waals surface area (Å²) in [5, 5.41) is 84.4. The Morgan fingerprint density at radius 1 is 0.648 bits per heavy atom. The third kappa shape index (κ3) is 5.97. The first kappa shape index (κ1) is 41.4. The molecule has 0 aromatic carbocycles. The van der Waals surface area contributed by atoms with Crippen molar-refractivity contribution < 1.29 is 59.8 Å². The van der Waals surface area contributed by atoms with Crippen LogP contribution in [0, 0.1) is 56.7 Å². The number of allylic oxidation sites excluding steroid dienone is 1. The molecule has 2 saturated heterocycles. The largest absolute Gasteiger partial charge is 0.396 e. The fraction of sp³-hybridized carbons (Fsp3) is 0.952. The van der Waals surface area contributed by atoms with Crippen molar-refractivity contribution in [3.8, 4) is 0 Å². The molecular weight excluding hydrogens is 696 g/mol. The second-order valence-electron chi connectivity index (χ2n) is 20.2. The van der Waals surface area contributed by atoms with Crippen molar-refractivity contribution >= 4 is 0 Å². The first-order valence-corrected chi connectivity index (χ1v) is 20.9. The highest BCUT2D eigenvalue weighted by atomic mass is 16.7. The normalized spacial score (nSPS) is 55.6. The molecule has 0 radical (unpaired) electrons. The second-order valence-corrected chi connectivity index (χ2v) is 20.2. The van der Waals surface area contributed by atoms with Crippen LogP contribution in [0.1, 0.15) is 106 Å². The molecule has 12 nitrogen and oxygen atoms in total. The molecule has 7 fully saturated rings. The van der Waals surface area contributed by atoms with Crippen molar-refractivity contribution in [2.75, 3.05) is 19.8 Å². The van der Waals surface area contributed by atoms with E-state index in [4.69, 9.17) is 18.9 Å². The van der Waals surface area contributed by atoms with Gasteiger partial charge in [-0.1, -0.05) is 46.8 Å². The summed E-state index contributed by atoms with van der Waals surface area (Å²) >= 11 is 0. The van der Waals surface area contributed by atoms with Crippen molar-refractivity contribution in [1.82, 2.24) is 0 Å². The van der Waals surface area contributed by atoms with Gasteiger partial charge in [0.05, 0.1) is 19.3 Å². The number of hydrogen-bond acceptors (Lipinski definition) is 12. The van der Waals surface area contributed by atoms with Gasteiger partial charge in [0.1, 0.15) is 48.8 Å². The van der Waals surface area contributed by atoms with Crippen LogP contribution in [0.5, 0.6) is 0 Å². The Labute approximate surface area is 321 Å². The zero-order chi connectivity index (χ0) is 39.3. The summed E-state index contributed by atoms with van der Waals surface area (Å²) in [6, 6.07) is 0. The third-order valence-electron chi connectivity index (χ3n) is 17.8. The number of rotatable bonds is 8. The van der Waals surface area contributed by atoms with E-state index in [1.54, 1.807) is 0 Å². The van der Waals surface area contributed by atoms with E-state index in [2.05, 4.69) is 48.1 Å². The Morgan fingerprint density at radius 2 is 1.30 bits per heavy atom. The quantitative estimate of drug-likeness (QED) is 0.133. The molecule has 12 heteroatoms. The molecule has 7 aliphatic rings. The highest BCUT2D eigenvalue weighted by Gasteiger charge is 2.71. The lowest BCUT2D eigenvalue weighted by molar-refractivity contribution is -0.369. The molecule has 5 saturated carbocycles. The Bertz CT molecular complexity index is 1370. The fourth-order valence-corrected chi connectivity index (χ4v) is 14.6. The summed E-state index contributed by atoms with van der Waals surface area (Å²) in [7, 11) is 0. The lowest BCUT2D eigenvalue weighted by atomic mass is 9.32. The average molecular weight is 767 g/mol. The van der Waals surface area contributed by atoms with Crippen LogP contribution >= 0.6 is 0 Å². The van der Waals surface area contributed by atoms with Crippen LogP contribution in [0.25, 0.3) is 0 Å². The van der Waals surface area contributed by atoms with E-state index in [-0.39, 0.29) is 39.8 Å². The summed E-state index contributed by atoms with van der Waals surface area (Å²) < 4.78 is 24.0. The predicted molar refractivity (Wildman–Crippen MR) is 197 cm³/mol. The maximum absolute atomic E-state index is 11.4. The minimum atomic E-state index is -1.73. The Balaban J connectivity index is 1.07. The monoisotopic (exact) mass is 766 g/mol. The van der Waals surface area contributed by atoms with Gasteiger partial charge in [-0.15, -0.1) is 0 Å². The number of aliphatic hydroxyl groups excluding tert-OH is 8. The summed E-state index contributed by atoms with van der Waals surface area (Å²) in [4.78, 5) is 0. The van der Waals surface area contributed by atoms with Crippen LogP contribution in [-0.4, -0.2) is 128 Å². The van der Waals surface area contributed by atoms with Crippen LogP contribution in [0.3, 0.4) is 0 Å².